The molecular formula is C22H24N2O3S. The van der Waals surface area contributed by atoms with Gasteiger partial charge in [0.05, 0.1) is 17.6 Å². The normalized spacial score (nSPS) is 18.4. The van der Waals surface area contributed by atoms with Crippen molar-refractivity contribution in [2.24, 2.45) is 0 Å². The molecule has 0 saturated carbocycles. The highest BCUT2D eigenvalue weighted by Crippen LogP contribution is 2.23. The van der Waals surface area contributed by atoms with E-state index < -0.39 is 10.0 Å². The molecule has 146 valence electrons. The first-order valence-electron chi connectivity index (χ1n) is 9.50. The maximum atomic E-state index is 12.8. The second-order valence-corrected chi connectivity index (χ2v) is 8.68. The molecule has 0 spiro atoms. The first-order chi connectivity index (χ1) is 13.6. The Morgan fingerprint density at radius 3 is 2.57 bits per heavy atom. The van der Waals surface area contributed by atoms with Gasteiger partial charge < -0.3 is 4.74 Å². The van der Waals surface area contributed by atoms with Crippen LogP contribution in [0.4, 0.5) is 0 Å². The first-order valence-corrected chi connectivity index (χ1v) is 11.0. The van der Waals surface area contributed by atoms with Crippen LogP contribution >= 0.6 is 0 Å². The molecule has 0 radical (unpaired) electrons. The number of nitrogens with one attached hydrogen (secondary N) is 1. The topological polar surface area (TPSA) is 58.6 Å². The lowest BCUT2D eigenvalue weighted by atomic mass is 10.1. The maximum absolute atomic E-state index is 12.8. The summed E-state index contributed by atoms with van der Waals surface area (Å²) in [4.78, 5) is 2.57. The van der Waals surface area contributed by atoms with Crippen molar-refractivity contribution in [1.82, 2.24) is 9.62 Å². The Kier molecular flexibility index (Phi) is 5.73. The van der Waals surface area contributed by atoms with Crippen molar-refractivity contribution in [3.8, 4) is 0 Å². The summed E-state index contributed by atoms with van der Waals surface area (Å²) in [5.41, 5.74) is 1.16. The SMILES string of the molecule is O=S(=O)(NCCN1CCO[C@H](c2ccccc2)C1)c1cccc2ccccc12. The Hall–Kier alpha value is -2.25. The summed E-state index contributed by atoms with van der Waals surface area (Å²) in [5.74, 6) is 0. The molecule has 0 aliphatic carbocycles. The van der Waals surface area contributed by atoms with E-state index in [9.17, 15) is 8.42 Å². The Balaban J connectivity index is 1.39. The van der Waals surface area contributed by atoms with Crippen molar-refractivity contribution in [1.29, 1.82) is 0 Å². The van der Waals surface area contributed by atoms with E-state index in [1.165, 1.54) is 0 Å². The predicted octanol–water partition coefficient (Wildman–Crippen LogP) is 3.19. The van der Waals surface area contributed by atoms with E-state index in [2.05, 4.69) is 21.8 Å². The fraction of sp³-hybridized carbons (Fsp3) is 0.273. The lowest BCUT2D eigenvalue weighted by molar-refractivity contribution is -0.0291. The second kappa shape index (κ2) is 8.41. The van der Waals surface area contributed by atoms with Crippen molar-refractivity contribution in [3.05, 3.63) is 78.4 Å². The quantitative estimate of drug-likeness (QED) is 0.695. The molecule has 3 aromatic carbocycles. The lowest BCUT2D eigenvalue weighted by Crippen LogP contribution is -2.42. The van der Waals surface area contributed by atoms with E-state index in [0.29, 0.717) is 24.6 Å². The van der Waals surface area contributed by atoms with E-state index in [-0.39, 0.29) is 6.10 Å². The fourth-order valence-electron chi connectivity index (χ4n) is 3.62. The average molecular weight is 397 g/mol. The molecule has 1 aliphatic heterocycles. The molecule has 0 amide bonds. The number of benzene rings is 3. The summed E-state index contributed by atoms with van der Waals surface area (Å²) < 4.78 is 34.3. The average Bonchev–Trinajstić information content (AvgIpc) is 2.74. The van der Waals surface area contributed by atoms with Crippen molar-refractivity contribution >= 4 is 20.8 Å². The minimum absolute atomic E-state index is 0.0321. The van der Waals surface area contributed by atoms with Gasteiger partial charge in [-0.2, -0.15) is 0 Å². The third-order valence-corrected chi connectivity index (χ3v) is 6.60. The van der Waals surface area contributed by atoms with Crippen LogP contribution < -0.4 is 4.72 Å². The van der Waals surface area contributed by atoms with E-state index in [4.69, 9.17) is 4.74 Å². The maximum Gasteiger partial charge on any atom is 0.241 e. The molecule has 1 aliphatic rings. The minimum atomic E-state index is -3.56. The number of fused-ring (bicyclic) bond motifs is 1. The molecule has 4 rings (SSSR count). The molecule has 0 aromatic heterocycles. The summed E-state index contributed by atoms with van der Waals surface area (Å²) in [7, 11) is -3.56. The molecule has 0 unspecified atom stereocenters. The summed E-state index contributed by atoms with van der Waals surface area (Å²) in [6.07, 6.45) is 0.0321. The van der Waals surface area contributed by atoms with Gasteiger partial charge in [0.2, 0.25) is 10.0 Å². The minimum Gasteiger partial charge on any atom is -0.371 e. The number of hydrogen-bond donors (Lipinski definition) is 1. The highest BCUT2D eigenvalue weighted by Gasteiger charge is 2.22. The van der Waals surface area contributed by atoms with Crippen LogP contribution in [0, 0.1) is 0 Å². The summed E-state index contributed by atoms with van der Waals surface area (Å²) in [6, 6.07) is 23.0. The molecule has 0 bridgehead atoms. The molecule has 3 aromatic rings. The van der Waals surface area contributed by atoms with Crippen LogP contribution in [-0.2, 0) is 14.8 Å². The Morgan fingerprint density at radius 1 is 0.964 bits per heavy atom. The molecule has 1 atom stereocenters. The van der Waals surface area contributed by atoms with Gasteiger partial charge in [-0.1, -0.05) is 66.7 Å². The monoisotopic (exact) mass is 396 g/mol. The molecular weight excluding hydrogens is 372 g/mol. The van der Waals surface area contributed by atoms with Gasteiger partial charge in [0, 0.05) is 31.6 Å². The second-order valence-electron chi connectivity index (χ2n) is 6.95. The van der Waals surface area contributed by atoms with E-state index in [0.717, 1.165) is 29.4 Å². The van der Waals surface area contributed by atoms with Crippen molar-refractivity contribution in [3.63, 3.8) is 0 Å². The van der Waals surface area contributed by atoms with Gasteiger partial charge in [-0.3, -0.25) is 4.90 Å². The number of nitrogens with zero attached hydrogens (tertiary/aromatic N) is 1. The molecule has 28 heavy (non-hydrogen) atoms. The largest absolute Gasteiger partial charge is 0.371 e. The van der Waals surface area contributed by atoms with Crippen LogP contribution in [0.15, 0.2) is 77.7 Å². The van der Waals surface area contributed by atoms with Crippen LogP contribution in [0.5, 0.6) is 0 Å². The van der Waals surface area contributed by atoms with Crippen LogP contribution in [0.3, 0.4) is 0 Å². The first kappa shape index (κ1) is 19.1. The number of sulfonamides is 1. The summed E-state index contributed by atoms with van der Waals surface area (Å²) in [6.45, 7) is 3.23. The predicted molar refractivity (Wildman–Crippen MR) is 111 cm³/mol. The van der Waals surface area contributed by atoms with Gasteiger partial charge in [-0.25, -0.2) is 13.1 Å². The standard InChI is InChI=1S/C22H24N2O3S/c25-28(26,22-12-6-10-18-7-4-5-11-20(18)22)23-13-14-24-15-16-27-21(17-24)19-8-2-1-3-9-19/h1-12,21,23H,13-17H2/t21-/m0/s1. The van der Waals surface area contributed by atoms with Crippen molar-refractivity contribution in [2.75, 3.05) is 32.8 Å². The molecule has 5 nitrogen and oxygen atoms in total. The van der Waals surface area contributed by atoms with Gasteiger partial charge in [-0.05, 0) is 17.0 Å². The van der Waals surface area contributed by atoms with Gasteiger partial charge in [0.25, 0.3) is 0 Å². The Labute approximate surface area is 166 Å². The third-order valence-electron chi connectivity index (χ3n) is 5.08. The highest BCUT2D eigenvalue weighted by atomic mass is 32.2. The zero-order chi connectivity index (χ0) is 19.4. The van der Waals surface area contributed by atoms with Gasteiger partial charge in [-0.15, -0.1) is 0 Å². The van der Waals surface area contributed by atoms with Crippen LogP contribution in [0.25, 0.3) is 10.8 Å². The molecule has 6 heteroatoms. The summed E-state index contributed by atoms with van der Waals surface area (Å²) >= 11 is 0. The van der Waals surface area contributed by atoms with Gasteiger partial charge >= 0.3 is 0 Å². The number of morpholine rings is 1. The number of rotatable bonds is 6. The van der Waals surface area contributed by atoms with Crippen LogP contribution in [0.2, 0.25) is 0 Å². The number of ether oxygens (including phenoxy) is 1. The zero-order valence-electron chi connectivity index (χ0n) is 15.6. The smallest absolute Gasteiger partial charge is 0.241 e. The zero-order valence-corrected chi connectivity index (χ0v) is 16.4. The Bertz CT molecular complexity index is 1030. The van der Waals surface area contributed by atoms with Gasteiger partial charge in [0.15, 0.2) is 0 Å². The summed E-state index contributed by atoms with van der Waals surface area (Å²) in [5, 5.41) is 1.66. The van der Waals surface area contributed by atoms with E-state index >= 15 is 0 Å². The third kappa shape index (κ3) is 4.25. The molecule has 1 N–H and O–H groups in total. The van der Waals surface area contributed by atoms with Crippen molar-refractivity contribution in [2.45, 2.75) is 11.0 Å². The van der Waals surface area contributed by atoms with Crippen LogP contribution in [-0.4, -0.2) is 46.1 Å². The van der Waals surface area contributed by atoms with Crippen molar-refractivity contribution < 1.29 is 13.2 Å². The molecule has 1 fully saturated rings. The highest BCUT2D eigenvalue weighted by molar-refractivity contribution is 7.89. The number of hydrogen-bond acceptors (Lipinski definition) is 4. The fourth-order valence-corrected chi connectivity index (χ4v) is 4.87. The Morgan fingerprint density at radius 2 is 1.71 bits per heavy atom. The van der Waals surface area contributed by atoms with E-state index in [1.54, 1.807) is 12.1 Å². The van der Waals surface area contributed by atoms with E-state index in [1.807, 2.05) is 48.5 Å². The molecule has 1 saturated heterocycles. The lowest BCUT2D eigenvalue weighted by Gasteiger charge is -2.33. The van der Waals surface area contributed by atoms with Crippen LogP contribution in [0.1, 0.15) is 11.7 Å². The molecule has 1 heterocycles. The van der Waals surface area contributed by atoms with Gasteiger partial charge in [0.1, 0.15) is 0 Å².